The Morgan fingerprint density at radius 2 is 2.07 bits per heavy atom. The van der Waals surface area contributed by atoms with Gasteiger partial charge in [-0.1, -0.05) is 6.92 Å². The van der Waals surface area contributed by atoms with Crippen molar-refractivity contribution in [2.75, 3.05) is 13.1 Å². The maximum Gasteiger partial charge on any atom is 0.279 e. The Labute approximate surface area is 92.3 Å². The average molecular weight is 233 g/mol. The molecule has 15 heavy (non-hydrogen) atoms. The van der Waals surface area contributed by atoms with Crippen LogP contribution in [0.5, 0.6) is 0 Å². The van der Waals surface area contributed by atoms with Gasteiger partial charge in [0.15, 0.2) is 0 Å². The minimum Gasteiger partial charge on any atom is -0.202 e. The molecular formula is C9H19N3O2S. The van der Waals surface area contributed by atoms with E-state index in [0.29, 0.717) is 6.54 Å². The van der Waals surface area contributed by atoms with Crippen molar-refractivity contribution in [2.24, 2.45) is 0 Å². The summed E-state index contributed by atoms with van der Waals surface area (Å²) in [4.78, 5) is 0. The molecule has 0 aliphatic carbocycles. The number of hydrogen-bond donors (Lipinski definition) is 1. The molecule has 0 unspecified atom stereocenters. The third-order valence-electron chi connectivity index (χ3n) is 1.86. The summed E-state index contributed by atoms with van der Waals surface area (Å²) < 4.78 is 27.3. The standard InChI is InChI=1S/C9H19N3O2S/c1-4-7-11-15(13,14)12(9(2)3)8-5-6-10/h9,11H,4-5,7-8H2,1-3H3. The van der Waals surface area contributed by atoms with Gasteiger partial charge >= 0.3 is 0 Å². The van der Waals surface area contributed by atoms with E-state index in [9.17, 15) is 8.42 Å². The SMILES string of the molecule is CCCNS(=O)(=O)N(CCC#N)C(C)C. The van der Waals surface area contributed by atoms with Crippen molar-refractivity contribution in [1.82, 2.24) is 9.03 Å². The Hall–Kier alpha value is -0.640. The molecule has 0 aliphatic rings. The molecule has 0 amide bonds. The van der Waals surface area contributed by atoms with E-state index in [0.717, 1.165) is 6.42 Å². The number of hydrogen-bond acceptors (Lipinski definition) is 3. The molecule has 0 radical (unpaired) electrons. The molecule has 1 N–H and O–H groups in total. The minimum atomic E-state index is -3.42. The fraction of sp³-hybridized carbons (Fsp3) is 0.889. The number of rotatable bonds is 7. The third-order valence-corrected chi connectivity index (χ3v) is 3.65. The van der Waals surface area contributed by atoms with Crippen LogP contribution in [0.25, 0.3) is 0 Å². The first kappa shape index (κ1) is 14.4. The summed E-state index contributed by atoms with van der Waals surface area (Å²) in [6, 6.07) is 1.82. The van der Waals surface area contributed by atoms with Gasteiger partial charge in [0.1, 0.15) is 0 Å². The number of nitriles is 1. The van der Waals surface area contributed by atoms with Crippen LogP contribution in [0, 0.1) is 11.3 Å². The van der Waals surface area contributed by atoms with Gasteiger partial charge in [0.2, 0.25) is 0 Å². The Kier molecular flexibility index (Phi) is 6.48. The molecule has 0 spiro atoms. The zero-order valence-corrected chi connectivity index (χ0v) is 10.3. The summed E-state index contributed by atoms with van der Waals surface area (Å²) in [5.41, 5.74) is 0. The molecule has 0 aromatic heterocycles. The minimum absolute atomic E-state index is 0.132. The fourth-order valence-corrected chi connectivity index (χ4v) is 2.64. The van der Waals surface area contributed by atoms with E-state index in [1.54, 1.807) is 13.8 Å². The lowest BCUT2D eigenvalue weighted by atomic mass is 10.3. The summed E-state index contributed by atoms with van der Waals surface area (Å²) in [6.07, 6.45) is 0.967. The summed E-state index contributed by atoms with van der Waals surface area (Å²) >= 11 is 0. The van der Waals surface area contributed by atoms with Crippen LogP contribution < -0.4 is 4.72 Å². The van der Waals surface area contributed by atoms with Gasteiger partial charge in [-0.05, 0) is 20.3 Å². The van der Waals surface area contributed by atoms with Crippen LogP contribution in [0.3, 0.4) is 0 Å². The average Bonchev–Trinajstić information content (AvgIpc) is 2.14. The summed E-state index contributed by atoms with van der Waals surface area (Å²) in [7, 11) is -3.42. The van der Waals surface area contributed by atoms with Crippen molar-refractivity contribution in [3.63, 3.8) is 0 Å². The van der Waals surface area contributed by atoms with E-state index < -0.39 is 10.2 Å². The molecule has 88 valence electrons. The molecule has 0 fully saturated rings. The topological polar surface area (TPSA) is 73.2 Å². The molecule has 6 heteroatoms. The second-order valence-electron chi connectivity index (χ2n) is 3.51. The van der Waals surface area contributed by atoms with Gasteiger partial charge in [-0.2, -0.15) is 18.0 Å². The molecule has 0 saturated carbocycles. The monoisotopic (exact) mass is 233 g/mol. The van der Waals surface area contributed by atoms with Crippen LogP contribution in [0.15, 0.2) is 0 Å². The Morgan fingerprint density at radius 3 is 2.47 bits per heavy atom. The highest BCUT2D eigenvalue weighted by molar-refractivity contribution is 7.87. The van der Waals surface area contributed by atoms with E-state index in [2.05, 4.69) is 4.72 Å². The lowest BCUT2D eigenvalue weighted by molar-refractivity contribution is 0.354. The van der Waals surface area contributed by atoms with Crippen LogP contribution in [0.1, 0.15) is 33.6 Å². The molecule has 0 atom stereocenters. The van der Waals surface area contributed by atoms with Gasteiger partial charge in [0.25, 0.3) is 10.2 Å². The van der Waals surface area contributed by atoms with Crippen molar-refractivity contribution < 1.29 is 8.42 Å². The van der Waals surface area contributed by atoms with E-state index >= 15 is 0 Å². The molecular weight excluding hydrogens is 214 g/mol. The summed E-state index contributed by atoms with van der Waals surface area (Å²) in [6.45, 7) is 6.16. The van der Waals surface area contributed by atoms with Crippen LogP contribution in [0.2, 0.25) is 0 Å². The molecule has 0 aromatic carbocycles. The van der Waals surface area contributed by atoms with E-state index in [-0.39, 0.29) is 19.0 Å². The van der Waals surface area contributed by atoms with Crippen molar-refractivity contribution in [3.05, 3.63) is 0 Å². The summed E-state index contributed by atoms with van der Waals surface area (Å²) in [5.74, 6) is 0. The van der Waals surface area contributed by atoms with Crippen LogP contribution in [0.4, 0.5) is 0 Å². The highest BCUT2D eigenvalue weighted by Gasteiger charge is 2.23. The first-order valence-corrected chi connectivity index (χ1v) is 6.53. The lowest BCUT2D eigenvalue weighted by Gasteiger charge is -2.24. The molecule has 0 saturated heterocycles. The first-order chi connectivity index (χ1) is 6.95. The summed E-state index contributed by atoms with van der Waals surface area (Å²) in [5, 5.41) is 8.45. The Morgan fingerprint density at radius 1 is 1.47 bits per heavy atom. The van der Waals surface area contributed by atoms with E-state index in [1.165, 1.54) is 4.31 Å². The van der Waals surface area contributed by atoms with Crippen molar-refractivity contribution >= 4 is 10.2 Å². The van der Waals surface area contributed by atoms with E-state index in [1.807, 2.05) is 13.0 Å². The maximum atomic E-state index is 11.7. The molecule has 0 bridgehead atoms. The van der Waals surface area contributed by atoms with Crippen LogP contribution in [-0.4, -0.2) is 31.9 Å². The lowest BCUT2D eigenvalue weighted by Crippen LogP contribution is -2.45. The van der Waals surface area contributed by atoms with Gasteiger partial charge in [-0.25, -0.2) is 4.72 Å². The van der Waals surface area contributed by atoms with Crippen molar-refractivity contribution in [2.45, 2.75) is 39.7 Å². The molecule has 0 heterocycles. The maximum absolute atomic E-state index is 11.7. The fourth-order valence-electron chi connectivity index (χ4n) is 1.13. The highest BCUT2D eigenvalue weighted by Crippen LogP contribution is 2.05. The second-order valence-corrected chi connectivity index (χ2v) is 5.22. The second kappa shape index (κ2) is 6.77. The first-order valence-electron chi connectivity index (χ1n) is 5.09. The molecule has 0 rings (SSSR count). The quantitative estimate of drug-likeness (QED) is 0.708. The molecule has 5 nitrogen and oxygen atoms in total. The largest absolute Gasteiger partial charge is 0.279 e. The van der Waals surface area contributed by atoms with Crippen molar-refractivity contribution in [1.29, 1.82) is 5.26 Å². The molecule has 0 aliphatic heterocycles. The molecule has 0 aromatic rings. The zero-order chi connectivity index (χ0) is 11.9. The smallest absolute Gasteiger partial charge is 0.202 e. The number of nitrogens with zero attached hydrogens (tertiary/aromatic N) is 2. The predicted octanol–water partition coefficient (Wildman–Crippen LogP) is 0.855. The van der Waals surface area contributed by atoms with Gasteiger partial charge in [0, 0.05) is 25.6 Å². The number of nitrogens with one attached hydrogen (secondary N) is 1. The predicted molar refractivity (Wildman–Crippen MR) is 59.3 cm³/mol. The van der Waals surface area contributed by atoms with Crippen molar-refractivity contribution in [3.8, 4) is 6.07 Å². The van der Waals surface area contributed by atoms with Gasteiger partial charge in [0.05, 0.1) is 6.07 Å². The van der Waals surface area contributed by atoms with Crippen LogP contribution in [-0.2, 0) is 10.2 Å². The Balaban J connectivity index is 4.53. The van der Waals surface area contributed by atoms with E-state index in [4.69, 9.17) is 5.26 Å². The van der Waals surface area contributed by atoms with Crippen LogP contribution >= 0.6 is 0 Å². The Bertz CT molecular complexity index is 306. The normalized spacial score (nSPS) is 12.0. The van der Waals surface area contributed by atoms with Gasteiger partial charge in [-0.3, -0.25) is 0 Å². The third kappa shape index (κ3) is 5.11. The van der Waals surface area contributed by atoms with Gasteiger partial charge in [-0.15, -0.1) is 0 Å². The van der Waals surface area contributed by atoms with Gasteiger partial charge < -0.3 is 0 Å². The highest BCUT2D eigenvalue weighted by atomic mass is 32.2. The zero-order valence-electron chi connectivity index (χ0n) is 9.52.